The fourth-order valence-electron chi connectivity index (χ4n) is 2.24. The van der Waals surface area contributed by atoms with Gasteiger partial charge in [0.25, 0.3) is 0 Å². The first-order valence-corrected chi connectivity index (χ1v) is 8.20. The van der Waals surface area contributed by atoms with Crippen molar-refractivity contribution < 1.29 is 0 Å². The Morgan fingerprint density at radius 1 is 1.21 bits per heavy atom. The summed E-state index contributed by atoms with van der Waals surface area (Å²) in [4.78, 5) is 1.36. The van der Waals surface area contributed by atoms with Crippen molar-refractivity contribution in [2.75, 3.05) is 6.54 Å². The molecule has 0 saturated carbocycles. The molecule has 0 atom stereocenters. The van der Waals surface area contributed by atoms with Gasteiger partial charge in [0.1, 0.15) is 0 Å². The normalized spacial score (nSPS) is 11.7. The molecule has 0 fully saturated rings. The smallest absolute Gasteiger partial charge is 0.0585 e. The second-order valence-corrected chi connectivity index (χ2v) is 7.03. The lowest BCUT2D eigenvalue weighted by Crippen LogP contribution is -2.12. The molecule has 1 heterocycles. The highest BCUT2D eigenvalue weighted by Gasteiger charge is 2.17. The molecule has 0 unspecified atom stereocenters. The number of hydrogen-bond donors (Lipinski definition) is 1. The highest BCUT2D eigenvalue weighted by Crippen LogP contribution is 2.41. The minimum Gasteiger partial charge on any atom is -0.312 e. The molecular formula is C15H19Cl2NS. The molecule has 0 radical (unpaired) electrons. The predicted molar refractivity (Wildman–Crippen MR) is 87.8 cm³/mol. The number of hydrogen-bond acceptors (Lipinski definition) is 2. The highest BCUT2D eigenvalue weighted by molar-refractivity contribution is 7.20. The van der Waals surface area contributed by atoms with Crippen LogP contribution in [0, 0.1) is 5.92 Å². The SMILES string of the molecule is CCNCc1sc2c(Cl)ccc(Cl)c2c1CC(C)C. The lowest BCUT2D eigenvalue weighted by molar-refractivity contribution is 0.641. The van der Waals surface area contributed by atoms with Gasteiger partial charge in [0.15, 0.2) is 0 Å². The van der Waals surface area contributed by atoms with E-state index in [1.165, 1.54) is 10.4 Å². The molecule has 0 aliphatic heterocycles. The minimum atomic E-state index is 0.605. The third-order valence-corrected chi connectivity index (χ3v) is 5.08. The zero-order valence-electron chi connectivity index (χ0n) is 11.5. The molecule has 104 valence electrons. The minimum absolute atomic E-state index is 0.605. The molecule has 2 aromatic rings. The van der Waals surface area contributed by atoms with E-state index in [2.05, 4.69) is 26.1 Å². The van der Waals surface area contributed by atoms with E-state index in [0.29, 0.717) is 5.92 Å². The van der Waals surface area contributed by atoms with Crippen LogP contribution in [-0.2, 0) is 13.0 Å². The Bertz CT molecular complexity index is 575. The van der Waals surface area contributed by atoms with E-state index in [9.17, 15) is 0 Å². The van der Waals surface area contributed by atoms with Crippen molar-refractivity contribution in [2.45, 2.75) is 33.7 Å². The van der Waals surface area contributed by atoms with Crippen molar-refractivity contribution in [3.8, 4) is 0 Å². The first-order chi connectivity index (χ1) is 9.04. The van der Waals surface area contributed by atoms with Crippen LogP contribution in [0.25, 0.3) is 10.1 Å². The van der Waals surface area contributed by atoms with Crippen LogP contribution in [0.4, 0.5) is 0 Å². The Labute approximate surface area is 128 Å². The second kappa shape index (κ2) is 6.45. The van der Waals surface area contributed by atoms with E-state index in [1.807, 2.05) is 12.1 Å². The van der Waals surface area contributed by atoms with Crippen molar-refractivity contribution in [3.63, 3.8) is 0 Å². The molecular weight excluding hydrogens is 297 g/mol. The third kappa shape index (κ3) is 3.25. The largest absolute Gasteiger partial charge is 0.312 e. The van der Waals surface area contributed by atoms with Crippen LogP contribution in [0.15, 0.2) is 12.1 Å². The summed E-state index contributed by atoms with van der Waals surface area (Å²) in [6.07, 6.45) is 1.04. The lowest BCUT2D eigenvalue weighted by Gasteiger charge is -2.09. The zero-order valence-corrected chi connectivity index (χ0v) is 13.8. The van der Waals surface area contributed by atoms with Crippen LogP contribution < -0.4 is 5.32 Å². The monoisotopic (exact) mass is 315 g/mol. The predicted octanol–water partition coefficient (Wildman–Crippen LogP) is 5.52. The molecule has 4 heteroatoms. The van der Waals surface area contributed by atoms with Gasteiger partial charge in [-0.2, -0.15) is 0 Å². The van der Waals surface area contributed by atoms with Crippen LogP contribution in [-0.4, -0.2) is 6.54 Å². The van der Waals surface area contributed by atoms with Gasteiger partial charge in [-0.05, 0) is 36.6 Å². The van der Waals surface area contributed by atoms with Crippen LogP contribution in [0.5, 0.6) is 0 Å². The van der Waals surface area contributed by atoms with Crippen LogP contribution >= 0.6 is 34.5 Å². The molecule has 0 bridgehead atoms. The summed E-state index contributed by atoms with van der Waals surface area (Å²) in [7, 11) is 0. The van der Waals surface area contributed by atoms with Gasteiger partial charge in [-0.15, -0.1) is 11.3 Å². The van der Waals surface area contributed by atoms with E-state index in [-0.39, 0.29) is 0 Å². The van der Waals surface area contributed by atoms with Crippen molar-refractivity contribution in [2.24, 2.45) is 5.92 Å². The van der Waals surface area contributed by atoms with Crippen LogP contribution in [0.3, 0.4) is 0 Å². The van der Waals surface area contributed by atoms with Crippen molar-refractivity contribution in [1.29, 1.82) is 0 Å². The van der Waals surface area contributed by atoms with Gasteiger partial charge in [0.2, 0.25) is 0 Å². The van der Waals surface area contributed by atoms with Gasteiger partial charge < -0.3 is 5.32 Å². The summed E-state index contributed by atoms with van der Waals surface area (Å²) < 4.78 is 1.12. The van der Waals surface area contributed by atoms with Crippen LogP contribution in [0.1, 0.15) is 31.2 Å². The standard InChI is InChI=1S/C15H19Cl2NS/c1-4-18-8-13-10(7-9(2)3)14-11(16)5-6-12(17)15(14)19-13/h5-6,9,18H,4,7-8H2,1-3H3. The molecule has 19 heavy (non-hydrogen) atoms. The molecule has 1 nitrogen and oxygen atoms in total. The molecule has 0 aliphatic carbocycles. The summed E-state index contributed by atoms with van der Waals surface area (Å²) in [5, 5.41) is 6.17. The summed E-state index contributed by atoms with van der Waals surface area (Å²) in [5.41, 5.74) is 1.36. The van der Waals surface area contributed by atoms with Gasteiger partial charge in [-0.1, -0.05) is 44.0 Å². The highest BCUT2D eigenvalue weighted by atomic mass is 35.5. The van der Waals surface area contributed by atoms with E-state index in [4.69, 9.17) is 23.2 Å². The Balaban J connectivity index is 2.59. The van der Waals surface area contributed by atoms with Gasteiger partial charge in [-0.3, -0.25) is 0 Å². The van der Waals surface area contributed by atoms with E-state index in [0.717, 1.165) is 39.6 Å². The summed E-state index contributed by atoms with van der Waals surface area (Å²) in [5.74, 6) is 0.605. The Hall–Kier alpha value is -0.280. The number of rotatable bonds is 5. The summed E-state index contributed by atoms with van der Waals surface area (Å²) in [6, 6.07) is 3.79. The summed E-state index contributed by atoms with van der Waals surface area (Å²) in [6.45, 7) is 8.45. The van der Waals surface area contributed by atoms with Gasteiger partial charge >= 0.3 is 0 Å². The van der Waals surface area contributed by atoms with E-state index in [1.54, 1.807) is 11.3 Å². The Kier molecular flexibility index (Phi) is 5.13. The number of benzene rings is 1. The Morgan fingerprint density at radius 3 is 2.53 bits per heavy atom. The Morgan fingerprint density at radius 2 is 1.89 bits per heavy atom. The van der Waals surface area contributed by atoms with Crippen molar-refractivity contribution in [3.05, 3.63) is 32.6 Å². The molecule has 1 aromatic carbocycles. The number of thiophene rings is 1. The molecule has 2 rings (SSSR count). The topological polar surface area (TPSA) is 12.0 Å². The molecule has 0 spiro atoms. The van der Waals surface area contributed by atoms with Gasteiger partial charge in [0, 0.05) is 21.8 Å². The molecule has 0 amide bonds. The fraction of sp³-hybridized carbons (Fsp3) is 0.467. The maximum Gasteiger partial charge on any atom is 0.0585 e. The van der Waals surface area contributed by atoms with E-state index < -0.39 is 0 Å². The van der Waals surface area contributed by atoms with Gasteiger partial charge in [-0.25, -0.2) is 0 Å². The fourth-order valence-corrected chi connectivity index (χ4v) is 4.07. The van der Waals surface area contributed by atoms with E-state index >= 15 is 0 Å². The van der Waals surface area contributed by atoms with Gasteiger partial charge in [0.05, 0.1) is 9.72 Å². The molecule has 1 N–H and O–H groups in total. The van der Waals surface area contributed by atoms with Crippen LogP contribution in [0.2, 0.25) is 10.0 Å². The quantitative estimate of drug-likeness (QED) is 0.766. The third-order valence-electron chi connectivity index (χ3n) is 3.07. The molecule has 0 saturated heterocycles. The average molecular weight is 316 g/mol. The zero-order chi connectivity index (χ0) is 14.0. The average Bonchev–Trinajstić information content (AvgIpc) is 2.71. The van der Waals surface area contributed by atoms with Crippen molar-refractivity contribution >= 4 is 44.6 Å². The second-order valence-electron chi connectivity index (χ2n) is 5.12. The maximum atomic E-state index is 6.39. The molecule has 0 aliphatic rings. The molecule has 1 aromatic heterocycles. The van der Waals surface area contributed by atoms with Crippen molar-refractivity contribution in [1.82, 2.24) is 5.32 Å². The number of nitrogens with one attached hydrogen (secondary N) is 1. The number of halogens is 2. The summed E-state index contributed by atoms with van der Waals surface area (Å²) >= 11 is 14.5. The maximum absolute atomic E-state index is 6.39. The lowest BCUT2D eigenvalue weighted by atomic mass is 10.00. The number of fused-ring (bicyclic) bond motifs is 1. The first-order valence-electron chi connectivity index (χ1n) is 6.63. The first kappa shape index (κ1) is 15.1.